The average molecular weight is 228 g/mol. The predicted molar refractivity (Wildman–Crippen MR) is 65.6 cm³/mol. The van der Waals surface area contributed by atoms with Crippen LogP contribution in [-0.4, -0.2) is 23.5 Å². The van der Waals surface area contributed by atoms with Crippen molar-refractivity contribution in [2.45, 2.75) is 0 Å². The van der Waals surface area contributed by atoms with Crippen LogP contribution in [0.15, 0.2) is 47.6 Å². The minimum Gasteiger partial charge on any atom is -0.497 e. The summed E-state index contributed by atoms with van der Waals surface area (Å²) in [5.41, 5.74) is 2.31. The monoisotopic (exact) mass is 228 g/mol. The fraction of sp³-hybridized carbons (Fsp3) is 0.0769. The van der Waals surface area contributed by atoms with Crippen molar-refractivity contribution in [2.75, 3.05) is 7.11 Å². The zero-order chi connectivity index (χ0) is 12.1. The van der Waals surface area contributed by atoms with Crippen LogP contribution in [0.5, 0.6) is 5.75 Å². The van der Waals surface area contributed by atoms with Crippen molar-refractivity contribution in [1.29, 1.82) is 0 Å². The molecule has 86 valence electrons. The molecule has 0 aliphatic rings. The molecule has 0 radical (unpaired) electrons. The zero-order valence-electron chi connectivity index (χ0n) is 9.37. The van der Waals surface area contributed by atoms with Gasteiger partial charge in [-0.15, -0.1) is 0 Å². The third kappa shape index (κ3) is 2.60. The molecule has 0 fully saturated rings. The minimum atomic E-state index is 0.547. The van der Waals surface area contributed by atoms with Gasteiger partial charge in [-0.2, -0.15) is 0 Å². The molecular formula is C13H12N2O2. The lowest BCUT2D eigenvalue weighted by molar-refractivity contribution is 0.321. The van der Waals surface area contributed by atoms with Crippen LogP contribution in [-0.2, 0) is 0 Å². The molecule has 0 aliphatic heterocycles. The Balaban J connectivity index is 2.50. The number of benzene rings is 1. The summed E-state index contributed by atoms with van der Waals surface area (Å²) in [5.74, 6) is 0.675. The van der Waals surface area contributed by atoms with Gasteiger partial charge in [0.05, 0.1) is 24.7 Å². The predicted octanol–water partition coefficient (Wildman–Crippen LogP) is 2.57. The van der Waals surface area contributed by atoms with Gasteiger partial charge < -0.3 is 9.94 Å². The number of rotatable bonds is 3. The minimum absolute atomic E-state index is 0.547. The summed E-state index contributed by atoms with van der Waals surface area (Å²) >= 11 is 0. The van der Waals surface area contributed by atoms with Gasteiger partial charge in [-0.1, -0.05) is 35.5 Å². The molecule has 1 N–H and O–H groups in total. The van der Waals surface area contributed by atoms with Gasteiger partial charge in [-0.25, -0.2) is 4.98 Å². The molecule has 1 aromatic carbocycles. The SMILES string of the molecule is COc1cc(/C=N/O)nc(-c2ccccc2)c1. The lowest BCUT2D eigenvalue weighted by Gasteiger charge is -2.05. The van der Waals surface area contributed by atoms with Crippen molar-refractivity contribution < 1.29 is 9.94 Å². The first kappa shape index (κ1) is 11.1. The Labute approximate surface area is 99.2 Å². The second-order valence-electron chi connectivity index (χ2n) is 3.43. The fourth-order valence-electron chi connectivity index (χ4n) is 1.53. The Bertz CT molecular complexity index is 524. The van der Waals surface area contributed by atoms with E-state index in [2.05, 4.69) is 10.1 Å². The van der Waals surface area contributed by atoms with Gasteiger partial charge in [0.15, 0.2) is 0 Å². The lowest BCUT2D eigenvalue weighted by atomic mass is 10.1. The van der Waals surface area contributed by atoms with E-state index in [9.17, 15) is 0 Å². The highest BCUT2D eigenvalue weighted by molar-refractivity contribution is 5.79. The van der Waals surface area contributed by atoms with Crippen molar-refractivity contribution in [2.24, 2.45) is 5.16 Å². The van der Waals surface area contributed by atoms with Gasteiger partial charge in [0.2, 0.25) is 0 Å². The normalized spacial score (nSPS) is 10.6. The standard InChI is InChI=1S/C13H12N2O2/c1-17-12-7-11(9-14-16)15-13(8-12)10-5-3-2-4-6-10/h2-9,16H,1H3/b14-9+. The highest BCUT2D eigenvalue weighted by Crippen LogP contribution is 2.22. The first-order valence-corrected chi connectivity index (χ1v) is 5.12. The number of ether oxygens (including phenoxy) is 1. The van der Waals surface area contributed by atoms with E-state index >= 15 is 0 Å². The molecule has 1 aromatic heterocycles. The third-order valence-electron chi connectivity index (χ3n) is 2.31. The second-order valence-corrected chi connectivity index (χ2v) is 3.43. The number of pyridine rings is 1. The zero-order valence-corrected chi connectivity index (χ0v) is 9.37. The quantitative estimate of drug-likeness (QED) is 0.499. The van der Waals surface area contributed by atoms with E-state index in [1.807, 2.05) is 36.4 Å². The van der Waals surface area contributed by atoms with Gasteiger partial charge in [0.25, 0.3) is 0 Å². The van der Waals surface area contributed by atoms with E-state index in [0.717, 1.165) is 11.3 Å². The molecule has 2 aromatic rings. The summed E-state index contributed by atoms with van der Waals surface area (Å²) < 4.78 is 5.18. The van der Waals surface area contributed by atoms with Crippen LogP contribution in [0.3, 0.4) is 0 Å². The molecule has 2 rings (SSSR count). The summed E-state index contributed by atoms with van der Waals surface area (Å²) in [5, 5.41) is 11.5. The third-order valence-corrected chi connectivity index (χ3v) is 2.31. The number of aromatic nitrogens is 1. The number of methoxy groups -OCH3 is 1. The smallest absolute Gasteiger partial charge is 0.123 e. The van der Waals surface area contributed by atoms with E-state index in [4.69, 9.17) is 9.94 Å². The van der Waals surface area contributed by atoms with E-state index in [-0.39, 0.29) is 0 Å². The van der Waals surface area contributed by atoms with Gasteiger partial charge in [0, 0.05) is 17.7 Å². The van der Waals surface area contributed by atoms with E-state index < -0.39 is 0 Å². The summed E-state index contributed by atoms with van der Waals surface area (Å²) in [4.78, 5) is 4.35. The van der Waals surface area contributed by atoms with Gasteiger partial charge in [0.1, 0.15) is 5.75 Å². The van der Waals surface area contributed by atoms with Gasteiger partial charge in [-0.3, -0.25) is 0 Å². The van der Waals surface area contributed by atoms with E-state index in [1.54, 1.807) is 13.2 Å². The highest BCUT2D eigenvalue weighted by atomic mass is 16.5. The van der Waals surface area contributed by atoms with Crippen LogP contribution < -0.4 is 4.74 Å². The Morgan fingerprint density at radius 1 is 1.24 bits per heavy atom. The van der Waals surface area contributed by atoms with Crippen molar-refractivity contribution in [3.05, 3.63) is 48.2 Å². The van der Waals surface area contributed by atoms with Crippen LogP contribution in [0.2, 0.25) is 0 Å². The summed E-state index contributed by atoms with van der Waals surface area (Å²) in [7, 11) is 1.59. The average Bonchev–Trinajstić information content (AvgIpc) is 2.40. The van der Waals surface area contributed by atoms with Crippen LogP contribution in [0.4, 0.5) is 0 Å². The maximum absolute atomic E-state index is 8.53. The maximum Gasteiger partial charge on any atom is 0.123 e. The van der Waals surface area contributed by atoms with Crippen molar-refractivity contribution >= 4 is 6.21 Å². The Morgan fingerprint density at radius 2 is 2.00 bits per heavy atom. The van der Waals surface area contributed by atoms with Gasteiger partial charge >= 0.3 is 0 Å². The first-order valence-electron chi connectivity index (χ1n) is 5.12. The summed E-state index contributed by atoms with van der Waals surface area (Å²) in [6.45, 7) is 0. The number of nitrogens with zero attached hydrogens (tertiary/aromatic N) is 2. The van der Waals surface area contributed by atoms with Crippen LogP contribution in [0, 0.1) is 0 Å². The van der Waals surface area contributed by atoms with E-state index in [1.165, 1.54) is 6.21 Å². The fourth-order valence-corrected chi connectivity index (χ4v) is 1.53. The summed E-state index contributed by atoms with van der Waals surface area (Å²) in [6.07, 6.45) is 1.27. The molecular weight excluding hydrogens is 216 g/mol. The molecule has 4 nitrogen and oxygen atoms in total. The Kier molecular flexibility index (Phi) is 3.35. The van der Waals surface area contributed by atoms with Crippen molar-refractivity contribution in [1.82, 2.24) is 4.98 Å². The topological polar surface area (TPSA) is 54.7 Å². The molecule has 4 heteroatoms. The molecule has 0 atom stereocenters. The first-order chi connectivity index (χ1) is 8.33. The lowest BCUT2D eigenvalue weighted by Crippen LogP contribution is -1.94. The summed E-state index contributed by atoms with van der Waals surface area (Å²) in [6, 6.07) is 13.3. The molecule has 0 amide bonds. The molecule has 1 heterocycles. The largest absolute Gasteiger partial charge is 0.497 e. The molecule has 0 bridgehead atoms. The molecule has 0 unspecified atom stereocenters. The number of hydrogen-bond acceptors (Lipinski definition) is 4. The highest BCUT2D eigenvalue weighted by Gasteiger charge is 2.04. The second kappa shape index (κ2) is 5.12. The number of oxime groups is 1. The molecule has 0 saturated carbocycles. The Hall–Kier alpha value is -2.36. The molecule has 17 heavy (non-hydrogen) atoms. The van der Waals surface area contributed by atoms with Crippen LogP contribution in [0.25, 0.3) is 11.3 Å². The Morgan fingerprint density at radius 3 is 2.65 bits per heavy atom. The van der Waals surface area contributed by atoms with Crippen molar-refractivity contribution in [3.8, 4) is 17.0 Å². The number of hydrogen-bond donors (Lipinski definition) is 1. The maximum atomic E-state index is 8.53. The molecule has 0 aliphatic carbocycles. The molecule has 0 spiro atoms. The van der Waals surface area contributed by atoms with Crippen molar-refractivity contribution in [3.63, 3.8) is 0 Å². The van der Waals surface area contributed by atoms with E-state index in [0.29, 0.717) is 11.4 Å². The van der Waals surface area contributed by atoms with Crippen LogP contribution in [0.1, 0.15) is 5.69 Å². The van der Waals surface area contributed by atoms with Gasteiger partial charge in [-0.05, 0) is 0 Å². The molecule has 0 saturated heterocycles. The van der Waals surface area contributed by atoms with Crippen LogP contribution >= 0.6 is 0 Å².